The van der Waals surface area contributed by atoms with Gasteiger partial charge in [-0.25, -0.2) is 4.90 Å². The summed E-state index contributed by atoms with van der Waals surface area (Å²) in [5, 5.41) is 3.16. The molecule has 1 aliphatic rings. The van der Waals surface area contributed by atoms with Crippen molar-refractivity contribution >= 4 is 34.4 Å². The van der Waals surface area contributed by atoms with Gasteiger partial charge in [-0.2, -0.15) is 0 Å². The largest absolute Gasteiger partial charge is 0.497 e. The quantitative estimate of drug-likeness (QED) is 0.528. The van der Waals surface area contributed by atoms with Crippen molar-refractivity contribution in [3.63, 3.8) is 0 Å². The lowest BCUT2D eigenvalue weighted by Crippen LogP contribution is -2.32. The summed E-state index contributed by atoms with van der Waals surface area (Å²) < 4.78 is 10.7. The number of carbonyl (C=O) groups is 2. The molecule has 4 rings (SSSR count). The minimum atomic E-state index is -0.431. The molecule has 1 heterocycles. The van der Waals surface area contributed by atoms with Crippen LogP contribution in [0.25, 0.3) is 5.57 Å². The van der Waals surface area contributed by atoms with Crippen LogP contribution in [0.15, 0.2) is 72.4 Å². The molecular weight excluding hydrogens is 430 g/mol. The number of amides is 2. The first-order valence-corrected chi connectivity index (χ1v) is 10.8. The van der Waals surface area contributed by atoms with E-state index in [1.165, 1.54) is 4.90 Å². The zero-order valence-electron chi connectivity index (χ0n) is 19.9. The normalized spacial score (nSPS) is 13.4. The standard InChI is InChI=1S/C27H27N3O4/c1-17-6-8-18(9-7-17)24-25(28-19-14-22(33-4)16-23(15-19)34-5)27(32)30(26(24)31)21-12-10-20(11-13-21)29(2)3/h6-16,28H,1-5H3. The number of hydrogen-bond donors (Lipinski definition) is 1. The summed E-state index contributed by atoms with van der Waals surface area (Å²) in [4.78, 5) is 30.4. The zero-order chi connectivity index (χ0) is 24.4. The Morgan fingerprint density at radius 1 is 0.794 bits per heavy atom. The summed E-state index contributed by atoms with van der Waals surface area (Å²) in [6.45, 7) is 1.97. The summed E-state index contributed by atoms with van der Waals surface area (Å²) in [7, 11) is 6.98. The van der Waals surface area contributed by atoms with E-state index in [0.717, 1.165) is 11.3 Å². The monoisotopic (exact) mass is 457 g/mol. The van der Waals surface area contributed by atoms with Gasteiger partial charge in [0.05, 0.1) is 25.5 Å². The molecule has 3 aromatic carbocycles. The van der Waals surface area contributed by atoms with Crippen LogP contribution in [-0.2, 0) is 9.59 Å². The van der Waals surface area contributed by atoms with E-state index in [1.807, 2.05) is 62.3 Å². The van der Waals surface area contributed by atoms with Crippen LogP contribution < -0.4 is 24.6 Å². The van der Waals surface area contributed by atoms with Gasteiger partial charge in [-0.3, -0.25) is 9.59 Å². The molecular formula is C27H27N3O4. The Hall–Kier alpha value is -4.26. The average molecular weight is 458 g/mol. The minimum absolute atomic E-state index is 0.195. The Kier molecular flexibility index (Phi) is 6.27. The highest BCUT2D eigenvalue weighted by Crippen LogP contribution is 2.35. The number of nitrogens with one attached hydrogen (secondary N) is 1. The van der Waals surface area contributed by atoms with Gasteiger partial charge in [0.1, 0.15) is 17.2 Å². The molecule has 0 aromatic heterocycles. The van der Waals surface area contributed by atoms with E-state index in [1.54, 1.807) is 44.6 Å². The summed E-state index contributed by atoms with van der Waals surface area (Å²) in [6, 6.07) is 20.1. The number of benzene rings is 3. The van der Waals surface area contributed by atoms with Gasteiger partial charge < -0.3 is 19.7 Å². The number of aryl methyl sites for hydroxylation is 1. The highest BCUT2D eigenvalue weighted by molar-refractivity contribution is 6.46. The first-order chi connectivity index (χ1) is 16.3. The minimum Gasteiger partial charge on any atom is -0.497 e. The van der Waals surface area contributed by atoms with Crippen LogP contribution in [0, 0.1) is 6.92 Å². The van der Waals surface area contributed by atoms with Crippen molar-refractivity contribution in [3.8, 4) is 11.5 Å². The molecule has 0 radical (unpaired) electrons. The van der Waals surface area contributed by atoms with E-state index in [0.29, 0.717) is 34.0 Å². The fourth-order valence-electron chi connectivity index (χ4n) is 3.79. The van der Waals surface area contributed by atoms with Crippen LogP contribution in [0.1, 0.15) is 11.1 Å². The molecule has 0 fully saturated rings. The fraction of sp³-hybridized carbons (Fsp3) is 0.185. The Morgan fingerprint density at radius 2 is 1.38 bits per heavy atom. The smallest absolute Gasteiger partial charge is 0.282 e. The third kappa shape index (κ3) is 4.32. The zero-order valence-corrected chi connectivity index (χ0v) is 19.9. The van der Waals surface area contributed by atoms with E-state index in [-0.39, 0.29) is 11.6 Å². The van der Waals surface area contributed by atoms with Crippen molar-refractivity contribution in [2.75, 3.05) is 43.4 Å². The average Bonchev–Trinajstić information content (AvgIpc) is 3.08. The predicted octanol–water partition coefficient (Wildman–Crippen LogP) is 4.47. The van der Waals surface area contributed by atoms with Gasteiger partial charge in [0, 0.05) is 43.7 Å². The molecule has 7 heteroatoms. The molecule has 0 aliphatic carbocycles. The van der Waals surface area contributed by atoms with Crippen molar-refractivity contribution in [1.82, 2.24) is 0 Å². The van der Waals surface area contributed by atoms with E-state index >= 15 is 0 Å². The van der Waals surface area contributed by atoms with Crippen molar-refractivity contribution < 1.29 is 19.1 Å². The number of rotatable bonds is 7. The third-order valence-corrected chi connectivity index (χ3v) is 5.67. The fourth-order valence-corrected chi connectivity index (χ4v) is 3.79. The second-order valence-corrected chi connectivity index (χ2v) is 8.20. The molecule has 7 nitrogen and oxygen atoms in total. The molecule has 2 amide bonds. The maximum atomic E-state index is 13.6. The van der Waals surface area contributed by atoms with Crippen LogP contribution in [0.4, 0.5) is 17.1 Å². The summed E-state index contributed by atoms with van der Waals surface area (Å²) in [5.74, 6) is 0.309. The summed E-state index contributed by atoms with van der Waals surface area (Å²) in [6.07, 6.45) is 0. The number of methoxy groups -OCH3 is 2. The Morgan fingerprint density at radius 3 is 1.91 bits per heavy atom. The molecule has 0 bridgehead atoms. The molecule has 174 valence electrons. The van der Waals surface area contributed by atoms with Gasteiger partial charge in [-0.1, -0.05) is 29.8 Å². The second kappa shape index (κ2) is 9.31. The molecule has 0 saturated heterocycles. The Labute approximate surface area is 199 Å². The lowest BCUT2D eigenvalue weighted by molar-refractivity contribution is -0.120. The van der Waals surface area contributed by atoms with E-state index in [4.69, 9.17) is 9.47 Å². The lowest BCUT2D eigenvalue weighted by atomic mass is 10.0. The van der Waals surface area contributed by atoms with Crippen molar-refractivity contribution in [2.45, 2.75) is 6.92 Å². The topological polar surface area (TPSA) is 71.1 Å². The number of ether oxygens (including phenoxy) is 2. The van der Waals surface area contributed by atoms with E-state index < -0.39 is 5.91 Å². The van der Waals surface area contributed by atoms with Crippen LogP contribution in [0.2, 0.25) is 0 Å². The lowest BCUT2D eigenvalue weighted by Gasteiger charge is -2.18. The van der Waals surface area contributed by atoms with Crippen LogP contribution >= 0.6 is 0 Å². The molecule has 0 atom stereocenters. The second-order valence-electron chi connectivity index (χ2n) is 8.20. The molecule has 0 unspecified atom stereocenters. The predicted molar refractivity (Wildman–Crippen MR) is 135 cm³/mol. The first-order valence-electron chi connectivity index (χ1n) is 10.8. The Bertz CT molecular complexity index is 1240. The number of imide groups is 1. The molecule has 3 aromatic rings. The van der Waals surface area contributed by atoms with Gasteiger partial charge in [0.2, 0.25) is 0 Å². The van der Waals surface area contributed by atoms with Gasteiger partial charge in [0.25, 0.3) is 11.8 Å². The van der Waals surface area contributed by atoms with Gasteiger partial charge in [-0.05, 0) is 36.8 Å². The third-order valence-electron chi connectivity index (χ3n) is 5.67. The molecule has 34 heavy (non-hydrogen) atoms. The molecule has 1 aliphatic heterocycles. The first kappa shape index (κ1) is 22.9. The van der Waals surface area contributed by atoms with E-state index in [9.17, 15) is 9.59 Å². The van der Waals surface area contributed by atoms with Crippen molar-refractivity contribution in [2.24, 2.45) is 0 Å². The number of carbonyl (C=O) groups excluding carboxylic acids is 2. The number of hydrogen-bond acceptors (Lipinski definition) is 6. The van der Waals surface area contributed by atoms with Gasteiger partial charge in [-0.15, -0.1) is 0 Å². The highest BCUT2D eigenvalue weighted by Gasteiger charge is 2.40. The summed E-state index contributed by atoms with van der Waals surface area (Å²) >= 11 is 0. The molecule has 0 spiro atoms. The van der Waals surface area contributed by atoms with Crippen LogP contribution in [-0.4, -0.2) is 40.1 Å². The molecule has 0 saturated carbocycles. The van der Waals surface area contributed by atoms with Crippen LogP contribution in [0.3, 0.4) is 0 Å². The maximum absolute atomic E-state index is 13.6. The van der Waals surface area contributed by atoms with Gasteiger partial charge >= 0.3 is 0 Å². The Balaban J connectivity index is 1.80. The van der Waals surface area contributed by atoms with Crippen molar-refractivity contribution in [3.05, 3.63) is 83.6 Å². The highest BCUT2D eigenvalue weighted by atomic mass is 16.5. The van der Waals surface area contributed by atoms with Gasteiger partial charge in [0.15, 0.2) is 0 Å². The number of nitrogens with zero attached hydrogens (tertiary/aromatic N) is 2. The number of anilines is 3. The summed E-state index contributed by atoms with van der Waals surface area (Å²) in [5.41, 5.74) is 4.27. The molecule has 1 N–H and O–H groups in total. The maximum Gasteiger partial charge on any atom is 0.282 e. The van der Waals surface area contributed by atoms with E-state index in [2.05, 4.69) is 5.32 Å². The SMILES string of the molecule is COc1cc(NC2=C(c3ccc(C)cc3)C(=O)N(c3ccc(N(C)C)cc3)C2=O)cc(OC)c1. The van der Waals surface area contributed by atoms with Crippen LogP contribution in [0.5, 0.6) is 11.5 Å². The van der Waals surface area contributed by atoms with Crippen molar-refractivity contribution in [1.29, 1.82) is 0 Å².